The molecule has 0 saturated heterocycles. The molecule has 1 aromatic carbocycles. The third-order valence-corrected chi connectivity index (χ3v) is 4.05. The number of benzene rings is 1. The number of aromatic nitrogens is 1. The van der Waals surface area contributed by atoms with Crippen molar-refractivity contribution < 1.29 is 34.3 Å². The van der Waals surface area contributed by atoms with E-state index in [0.717, 1.165) is 41.0 Å². The lowest BCUT2D eigenvalue weighted by molar-refractivity contribution is -0.00100. The topological polar surface area (TPSA) is 46.6 Å². The zero-order valence-electron chi connectivity index (χ0n) is 15.1. The van der Waals surface area contributed by atoms with Crippen molar-refractivity contribution in [3.05, 3.63) is 52.3 Å². The molecular weight excluding hydrogens is 441 g/mol. The SMILES string of the molecule is COc1cc(CNCCN(C)C)cc(Br)c1OCc1cccnc1.[Cl-].[Cl-]. The number of halogens is 3. The van der Waals surface area contributed by atoms with Crippen LogP contribution in [0.15, 0.2) is 41.1 Å². The molecule has 5 nitrogen and oxygen atoms in total. The van der Waals surface area contributed by atoms with Gasteiger partial charge in [-0.25, -0.2) is 0 Å². The molecule has 0 unspecified atom stereocenters. The van der Waals surface area contributed by atoms with Crippen LogP contribution in [-0.4, -0.2) is 44.2 Å². The number of ether oxygens (including phenoxy) is 2. The molecule has 0 bridgehead atoms. The normalized spacial score (nSPS) is 10.0. The Kier molecular flexibility index (Phi) is 12.6. The van der Waals surface area contributed by atoms with Gasteiger partial charge in [-0.1, -0.05) is 6.07 Å². The highest BCUT2D eigenvalue weighted by molar-refractivity contribution is 9.10. The predicted molar refractivity (Wildman–Crippen MR) is 99.5 cm³/mol. The number of methoxy groups -OCH3 is 1. The highest BCUT2D eigenvalue weighted by Crippen LogP contribution is 2.37. The van der Waals surface area contributed by atoms with E-state index in [1.54, 1.807) is 19.5 Å². The number of pyridine rings is 1. The molecule has 0 fully saturated rings. The summed E-state index contributed by atoms with van der Waals surface area (Å²) in [5, 5.41) is 3.42. The van der Waals surface area contributed by atoms with Crippen molar-refractivity contribution in [3.8, 4) is 11.5 Å². The maximum Gasteiger partial charge on any atom is 0.175 e. The smallest absolute Gasteiger partial charge is 0.175 e. The number of nitrogens with one attached hydrogen (secondary N) is 1. The van der Waals surface area contributed by atoms with Crippen LogP contribution in [0.5, 0.6) is 11.5 Å². The van der Waals surface area contributed by atoms with Crippen LogP contribution in [0.2, 0.25) is 0 Å². The van der Waals surface area contributed by atoms with Gasteiger partial charge in [-0.15, -0.1) is 0 Å². The molecule has 1 N–H and O–H groups in total. The lowest BCUT2D eigenvalue weighted by Gasteiger charge is -2.15. The Morgan fingerprint density at radius 2 is 1.96 bits per heavy atom. The van der Waals surface area contributed by atoms with E-state index >= 15 is 0 Å². The van der Waals surface area contributed by atoms with Crippen molar-refractivity contribution in [2.24, 2.45) is 0 Å². The standard InChI is InChI=1S/C18H24BrN3O2.2ClH/c1-22(2)8-7-21-12-15-9-16(19)18(17(10-15)23-3)24-13-14-5-4-6-20-11-14;;/h4-6,9-11,21H,7-8,12-13H2,1-3H3;2*1H/p-2. The minimum absolute atomic E-state index is 0. The van der Waals surface area contributed by atoms with Crippen LogP contribution in [0.3, 0.4) is 0 Å². The maximum absolute atomic E-state index is 5.92. The molecular formula is C18H24BrCl2N3O2-2. The van der Waals surface area contributed by atoms with Gasteiger partial charge in [-0.05, 0) is 53.8 Å². The van der Waals surface area contributed by atoms with Gasteiger partial charge in [0.25, 0.3) is 0 Å². The molecule has 0 atom stereocenters. The van der Waals surface area contributed by atoms with Crippen molar-refractivity contribution >= 4 is 15.9 Å². The summed E-state index contributed by atoms with van der Waals surface area (Å²) in [5.41, 5.74) is 2.16. The highest BCUT2D eigenvalue weighted by atomic mass is 79.9. The molecule has 2 rings (SSSR count). The minimum Gasteiger partial charge on any atom is -1.00 e. The third kappa shape index (κ3) is 8.10. The van der Waals surface area contributed by atoms with Crippen molar-refractivity contribution in [2.45, 2.75) is 13.2 Å². The fraction of sp³-hybridized carbons (Fsp3) is 0.389. The summed E-state index contributed by atoms with van der Waals surface area (Å²) >= 11 is 3.59. The predicted octanol–water partition coefficient (Wildman–Crippen LogP) is -2.91. The van der Waals surface area contributed by atoms with Crippen molar-refractivity contribution in [2.75, 3.05) is 34.3 Å². The Balaban J connectivity index is 0.00000312. The summed E-state index contributed by atoms with van der Waals surface area (Å²) in [6.45, 7) is 3.17. The van der Waals surface area contributed by atoms with Crippen molar-refractivity contribution in [1.29, 1.82) is 0 Å². The molecule has 1 heterocycles. The molecule has 0 spiro atoms. The zero-order chi connectivity index (χ0) is 17.4. The van der Waals surface area contributed by atoms with Gasteiger partial charge in [0.1, 0.15) is 6.61 Å². The Hall–Kier alpha value is -1.05. The first-order valence-corrected chi connectivity index (χ1v) is 8.63. The van der Waals surface area contributed by atoms with E-state index in [1.165, 1.54) is 0 Å². The minimum atomic E-state index is 0. The monoisotopic (exact) mass is 463 g/mol. The number of hydrogen-bond donors (Lipinski definition) is 1. The largest absolute Gasteiger partial charge is 1.00 e. The van der Waals surface area contributed by atoms with Crippen LogP contribution in [0.25, 0.3) is 0 Å². The van der Waals surface area contributed by atoms with Gasteiger partial charge < -0.3 is 44.5 Å². The van der Waals surface area contributed by atoms with Gasteiger partial charge in [-0.2, -0.15) is 0 Å². The number of likely N-dealkylation sites (N-methyl/N-ethyl adjacent to an activating group) is 1. The van der Waals surface area contributed by atoms with E-state index in [4.69, 9.17) is 9.47 Å². The molecule has 1 aromatic heterocycles. The molecule has 0 saturated carbocycles. The quantitative estimate of drug-likeness (QED) is 0.403. The van der Waals surface area contributed by atoms with Crippen LogP contribution in [-0.2, 0) is 13.2 Å². The summed E-state index contributed by atoms with van der Waals surface area (Å²) in [7, 11) is 5.79. The van der Waals surface area contributed by atoms with Crippen molar-refractivity contribution in [3.63, 3.8) is 0 Å². The first-order chi connectivity index (χ1) is 11.6. The second-order valence-corrected chi connectivity index (χ2v) is 6.59. The molecule has 0 aliphatic rings. The Bertz CT molecular complexity index is 646. The van der Waals surface area contributed by atoms with Crippen LogP contribution in [0.4, 0.5) is 0 Å². The fourth-order valence-corrected chi connectivity index (χ4v) is 2.79. The molecule has 0 radical (unpaired) electrons. The van der Waals surface area contributed by atoms with E-state index in [-0.39, 0.29) is 24.8 Å². The Morgan fingerprint density at radius 1 is 1.19 bits per heavy atom. The molecule has 0 aliphatic heterocycles. The van der Waals surface area contributed by atoms with Gasteiger partial charge in [0.05, 0.1) is 11.6 Å². The first kappa shape index (κ1) is 24.9. The summed E-state index contributed by atoms with van der Waals surface area (Å²) in [4.78, 5) is 6.25. The van der Waals surface area contributed by atoms with Gasteiger partial charge in [0, 0.05) is 37.6 Å². The van der Waals surface area contributed by atoms with Crippen LogP contribution < -0.4 is 39.6 Å². The number of nitrogens with zero attached hydrogens (tertiary/aromatic N) is 2. The van der Waals surface area contributed by atoms with Crippen LogP contribution >= 0.6 is 15.9 Å². The summed E-state index contributed by atoms with van der Waals surface area (Å²) < 4.78 is 12.3. The Labute approximate surface area is 176 Å². The first-order valence-electron chi connectivity index (χ1n) is 7.83. The van der Waals surface area contributed by atoms with E-state index in [9.17, 15) is 0 Å². The fourth-order valence-electron chi connectivity index (χ4n) is 2.19. The van der Waals surface area contributed by atoms with Crippen LogP contribution in [0, 0.1) is 0 Å². The van der Waals surface area contributed by atoms with Crippen molar-refractivity contribution in [1.82, 2.24) is 15.2 Å². The number of rotatable bonds is 9. The second kappa shape index (κ2) is 13.2. The average molecular weight is 465 g/mol. The summed E-state index contributed by atoms with van der Waals surface area (Å²) in [6, 6.07) is 7.94. The van der Waals surface area contributed by atoms with E-state index in [0.29, 0.717) is 12.4 Å². The second-order valence-electron chi connectivity index (χ2n) is 5.74. The summed E-state index contributed by atoms with van der Waals surface area (Å²) in [6.07, 6.45) is 3.54. The van der Waals surface area contributed by atoms with Gasteiger partial charge in [-0.3, -0.25) is 4.98 Å². The van der Waals surface area contributed by atoms with Gasteiger partial charge in [0.15, 0.2) is 11.5 Å². The van der Waals surface area contributed by atoms with E-state index in [1.807, 2.05) is 18.2 Å². The molecule has 2 aromatic rings. The van der Waals surface area contributed by atoms with E-state index in [2.05, 4.69) is 51.3 Å². The maximum atomic E-state index is 5.92. The zero-order valence-corrected chi connectivity index (χ0v) is 18.2. The Morgan fingerprint density at radius 3 is 2.58 bits per heavy atom. The van der Waals surface area contributed by atoms with Gasteiger partial charge >= 0.3 is 0 Å². The lowest BCUT2D eigenvalue weighted by Crippen LogP contribution is -3.00. The molecule has 0 amide bonds. The average Bonchev–Trinajstić information content (AvgIpc) is 2.58. The summed E-state index contributed by atoms with van der Waals surface area (Å²) in [5.74, 6) is 1.43. The third-order valence-electron chi connectivity index (χ3n) is 3.46. The number of hydrogen-bond acceptors (Lipinski definition) is 5. The molecule has 0 aliphatic carbocycles. The molecule has 146 valence electrons. The van der Waals surface area contributed by atoms with Gasteiger partial charge in [0.2, 0.25) is 0 Å². The lowest BCUT2D eigenvalue weighted by atomic mass is 10.2. The van der Waals surface area contributed by atoms with Crippen LogP contribution in [0.1, 0.15) is 11.1 Å². The highest BCUT2D eigenvalue weighted by Gasteiger charge is 2.12. The molecule has 26 heavy (non-hydrogen) atoms. The molecule has 8 heteroatoms. The van der Waals surface area contributed by atoms with E-state index < -0.39 is 0 Å².